The zero-order valence-electron chi connectivity index (χ0n) is 19.4. The number of thiophene rings is 2. The fraction of sp³-hybridized carbons (Fsp3) is 0.259. The molecule has 1 aliphatic heterocycles. The van der Waals surface area contributed by atoms with Gasteiger partial charge in [-0.15, -0.1) is 22.7 Å². The van der Waals surface area contributed by atoms with Crippen molar-refractivity contribution in [1.82, 2.24) is 14.5 Å². The lowest BCUT2D eigenvalue weighted by atomic mass is 10.1. The minimum atomic E-state index is -0.223. The molecule has 180 valence electrons. The number of aromatic nitrogens is 2. The molecule has 3 aromatic heterocycles. The molecule has 0 unspecified atom stereocenters. The van der Waals surface area contributed by atoms with Crippen molar-refractivity contribution in [2.45, 2.75) is 32.4 Å². The van der Waals surface area contributed by atoms with E-state index in [4.69, 9.17) is 11.6 Å². The number of rotatable bonds is 6. The largest absolute Gasteiger partial charge is 0.392 e. The Hall–Kier alpha value is -2.55. The Balaban J connectivity index is 1.46. The van der Waals surface area contributed by atoms with Gasteiger partial charge in [-0.25, -0.2) is 4.98 Å². The van der Waals surface area contributed by atoms with Gasteiger partial charge >= 0.3 is 0 Å². The van der Waals surface area contributed by atoms with E-state index in [1.807, 2.05) is 36.4 Å². The highest BCUT2D eigenvalue weighted by Gasteiger charge is 2.21. The Morgan fingerprint density at radius 1 is 1.34 bits per heavy atom. The quantitative estimate of drug-likeness (QED) is 0.400. The van der Waals surface area contributed by atoms with Crippen LogP contribution in [0.25, 0.3) is 27.6 Å². The molecule has 1 fully saturated rings. The number of hydrogen-bond donors (Lipinski definition) is 1. The standard InChI is InChI=1S/C27H26ClN3O2S2/c1-3-21(11-19-12-23(34-17(19)2)15-30-10-9-22(32)14-30)31-16-29-24-13-25(35-26(24)27(31)33)18-5-4-6-20(28)8-7-18/h3-4,6-8,11-13,16,22,32H,1,5,9-10,14-15H2,2H3/b21-11+/t22-/m1/s1. The number of allylic oxidation sites excluding steroid dienone is 8. The van der Waals surface area contributed by atoms with E-state index < -0.39 is 0 Å². The number of aliphatic hydroxyl groups excluding tert-OH is 1. The lowest BCUT2D eigenvalue weighted by molar-refractivity contribution is 0.175. The van der Waals surface area contributed by atoms with Crippen LogP contribution in [0.3, 0.4) is 0 Å². The number of likely N-dealkylation sites (tertiary alicyclic amines) is 1. The zero-order chi connectivity index (χ0) is 24.5. The molecule has 1 N–H and O–H groups in total. The number of nitrogens with zero attached hydrogens (tertiary/aromatic N) is 3. The van der Waals surface area contributed by atoms with Crippen LogP contribution in [0.5, 0.6) is 0 Å². The van der Waals surface area contributed by atoms with Crippen LogP contribution in [0.2, 0.25) is 0 Å². The molecule has 0 aromatic carbocycles. The first kappa shape index (κ1) is 24.2. The van der Waals surface area contributed by atoms with Crippen molar-refractivity contribution in [2.75, 3.05) is 13.1 Å². The van der Waals surface area contributed by atoms with Gasteiger partial charge in [-0.1, -0.05) is 30.3 Å². The Morgan fingerprint density at radius 2 is 2.20 bits per heavy atom. The van der Waals surface area contributed by atoms with E-state index >= 15 is 0 Å². The fourth-order valence-electron chi connectivity index (χ4n) is 4.38. The molecule has 3 aromatic rings. The summed E-state index contributed by atoms with van der Waals surface area (Å²) in [6.07, 6.45) is 14.4. The van der Waals surface area contributed by atoms with Crippen LogP contribution in [0.1, 0.15) is 33.0 Å². The van der Waals surface area contributed by atoms with E-state index in [0.29, 0.717) is 20.9 Å². The van der Waals surface area contributed by atoms with Crippen molar-refractivity contribution in [3.8, 4) is 0 Å². The van der Waals surface area contributed by atoms with Crippen molar-refractivity contribution in [2.24, 2.45) is 0 Å². The predicted octanol–water partition coefficient (Wildman–Crippen LogP) is 6.04. The maximum Gasteiger partial charge on any atom is 0.275 e. The van der Waals surface area contributed by atoms with E-state index in [1.54, 1.807) is 28.3 Å². The monoisotopic (exact) mass is 523 g/mol. The van der Waals surface area contributed by atoms with Gasteiger partial charge in [0, 0.05) is 39.3 Å². The number of β-amino-alcohol motifs (C(OH)–C–C–N with tert-alkyl or cyclic N) is 1. The molecule has 1 aliphatic carbocycles. The van der Waals surface area contributed by atoms with Gasteiger partial charge in [-0.2, -0.15) is 0 Å². The molecule has 0 bridgehead atoms. The molecular formula is C27H26ClN3O2S2. The Labute approximate surface area is 217 Å². The smallest absolute Gasteiger partial charge is 0.275 e. The lowest BCUT2D eigenvalue weighted by Gasteiger charge is -2.12. The first-order valence-corrected chi connectivity index (χ1v) is 13.5. The third kappa shape index (κ3) is 5.20. The summed E-state index contributed by atoms with van der Waals surface area (Å²) in [5, 5.41) is 10.5. The van der Waals surface area contributed by atoms with Gasteiger partial charge in [-0.3, -0.25) is 14.3 Å². The Bertz CT molecular complexity index is 1470. The summed E-state index contributed by atoms with van der Waals surface area (Å²) in [6.45, 7) is 8.52. The number of aliphatic hydroxyl groups is 1. The van der Waals surface area contributed by atoms with Crippen LogP contribution in [0, 0.1) is 6.92 Å². The van der Waals surface area contributed by atoms with Crippen LogP contribution in [0.15, 0.2) is 65.2 Å². The van der Waals surface area contributed by atoms with E-state index in [2.05, 4.69) is 29.5 Å². The second-order valence-corrected chi connectivity index (χ2v) is 11.6. The van der Waals surface area contributed by atoms with Gasteiger partial charge in [0.15, 0.2) is 0 Å². The van der Waals surface area contributed by atoms with Gasteiger partial charge in [-0.05, 0) is 67.3 Å². The molecular weight excluding hydrogens is 498 g/mol. The summed E-state index contributed by atoms with van der Waals surface area (Å²) >= 11 is 9.32. The first-order chi connectivity index (χ1) is 16.9. The normalized spacial score (nSPS) is 19.2. The maximum atomic E-state index is 13.4. The molecule has 1 saturated heterocycles. The van der Waals surface area contributed by atoms with E-state index in [9.17, 15) is 9.90 Å². The van der Waals surface area contributed by atoms with Crippen molar-refractivity contribution in [3.05, 3.63) is 91.0 Å². The highest BCUT2D eigenvalue weighted by Crippen LogP contribution is 2.32. The Kier molecular flexibility index (Phi) is 7.05. The summed E-state index contributed by atoms with van der Waals surface area (Å²) in [4.78, 5) is 23.7. The van der Waals surface area contributed by atoms with Gasteiger partial charge in [0.25, 0.3) is 5.56 Å². The molecule has 0 spiro atoms. The Morgan fingerprint density at radius 3 is 2.97 bits per heavy atom. The highest BCUT2D eigenvalue weighted by molar-refractivity contribution is 7.19. The summed E-state index contributed by atoms with van der Waals surface area (Å²) in [6, 6.07) is 4.14. The van der Waals surface area contributed by atoms with Crippen LogP contribution < -0.4 is 5.56 Å². The molecule has 0 amide bonds. The summed E-state index contributed by atoms with van der Waals surface area (Å²) < 4.78 is 2.19. The second kappa shape index (κ2) is 10.2. The number of aryl methyl sites for hydroxylation is 1. The van der Waals surface area contributed by atoms with Crippen molar-refractivity contribution < 1.29 is 5.11 Å². The molecule has 8 heteroatoms. The maximum absolute atomic E-state index is 13.4. The molecule has 0 radical (unpaired) electrons. The summed E-state index contributed by atoms with van der Waals surface area (Å²) in [5.74, 6) is 0. The van der Waals surface area contributed by atoms with Gasteiger partial charge in [0.1, 0.15) is 11.0 Å². The molecule has 5 nitrogen and oxygen atoms in total. The van der Waals surface area contributed by atoms with E-state index in [0.717, 1.165) is 48.5 Å². The first-order valence-electron chi connectivity index (χ1n) is 11.5. The topological polar surface area (TPSA) is 58.4 Å². The van der Waals surface area contributed by atoms with Crippen LogP contribution in [-0.2, 0) is 6.54 Å². The lowest BCUT2D eigenvalue weighted by Crippen LogP contribution is -2.20. The predicted molar refractivity (Wildman–Crippen MR) is 149 cm³/mol. The van der Waals surface area contributed by atoms with E-state index in [1.165, 1.54) is 21.1 Å². The minimum Gasteiger partial charge on any atom is -0.392 e. The second-order valence-electron chi connectivity index (χ2n) is 8.77. The van der Waals surface area contributed by atoms with Crippen LogP contribution in [-0.4, -0.2) is 38.8 Å². The average Bonchev–Trinajstić information content (AvgIpc) is 3.49. The van der Waals surface area contributed by atoms with Crippen LogP contribution in [0.4, 0.5) is 0 Å². The SMILES string of the molecule is C=C/C(=C\c1cc(CN2CC[C@@H](O)C2)sc1C)n1cnc2cc(C3=CC=C(Cl)C=CC3)sc2c1=O. The number of halogens is 1. The van der Waals surface area contributed by atoms with E-state index in [-0.39, 0.29) is 11.7 Å². The van der Waals surface area contributed by atoms with Crippen molar-refractivity contribution in [1.29, 1.82) is 0 Å². The third-order valence-corrected chi connectivity index (χ3v) is 8.73. The van der Waals surface area contributed by atoms with Gasteiger partial charge in [0.05, 0.1) is 17.3 Å². The van der Waals surface area contributed by atoms with Gasteiger partial charge in [0.2, 0.25) is 0 Å². The van der Waals surface area contributed by atoms with Crippen molar-refractivity contribution in [3.63, 3.8) is 0 Å². The summed E-state index contributed by atoms with van der Waals surface area (Å²) in [7, 11) is 0. The average molecular weight is 524 g/mol. The van der Waals surface area contributed by atoms with Gasteiger partial charge < -0.3 is 5.11 Å². The highest BCUT2D eigenvalue weighted by atomic mass is 35.5. The zero-order valence-corrected chi connectivity index (χ0v) is 21.8. The molecule has 1 atom stereocenters. The molecule has 5 rings (SSSR count). The molecule has 35 heavy (non-hydrogen) atoms. The third-order valence-electron chi connectivity index (χ3n) is 6.24. The minimum absolute atomic E-state index is 0.102. The summed E-state index contributed by atoms with van der Waals surface area (Å²) in [5.41, 5.74) is 3.46. The molecule has 0 saturated carbocycles. The fourth-order valence-corrected chi connectivity index (χ4v) is 6.67. The molecule has 4 heterocycles. The number of hydrogen-bond acceptors (Lipinski definition) is 6. The number of fused-ring (bicyclic) bond motifs is 1. The van der Waals surface area contributed by atoms with Crippen molar-refractivity contribution >= 4 is 61.8 Å². The van der Waals surface area contributed by atoms with Crippen LogP contribution >= 0.6 is 34.3 Å². The molecule has 2 aliphatic rings.